The van der Waals surface area contributed by atoms with Gasteiger partial charge in [0.15, 0.2) is 0 Å². The van der Waals surface area contributed by atoms with Crippen LogP contribution in [-0.4, -0.2) is 17.0 Å². The Morgan fingerprint density at radius 2 is 2.14 bits per heavy atom. The molecule has 0 atom stereocenters. The maximum Gasteiger partial charge on any atom is 0.411 e. The van der Waals surface area contributed by atoms with E-state index >= 15 is 0 Å². The first-order valence-electron chi connectivity index (χ1n) is 3.58. The third-order valence-electron chi connectivity index (χ3n) is 1.33. The smallest absolute Gasteiger partial charge is 0.391 e. The lowest BCUT2D eigenvalue weighted by atomic mass is 10.3. The molecule has 1 heterocycles. The van der Waals surface area contributed by atoms with E-state index < -0.39 is 12.0 Å². The maximum atomic E-state index is 10.9. The van der Waals surface area contributed by atoms with Crippen molar-refractivity contribution in [3.8, 4) is 5.88 Å². The van der Waals surface area contributed by atoms with E-state index in [0.717, 1.165) is 0 Å². The molecular formula is C7H8N4O3. The number of nitrogens with zero attached hydrogens (tertiary/aromatic N) is 1. The number of hydrazine groups is 1. The van der Waals surface area contributed by atoms with E-state index in [1.54, 1.807) is 0 Å². The molecule has 1 aromatic rings. The van der Waals surface area contributed by atoms with Crippen LogP contribution in [0.5, 0.6) is 5.88 Å². The van der Waals surface area contributed by atoms with Crippen LogP contribution < -0.4 is 21.7 Å². The summed E-state index contributed by atoms with van der Waals surface area (Å²) in [4.78, 5) is 24.9. The molecule has 0 radical (unpaired) electrons. The Morgan fingerprint density at radius 1 is 1.43 bits per heavy atom. The normalized spacial score (nSPS) is 9.21. The number of primary amides is 1. The average molecular weight is 196 g/mol. The second kappa shape index (κ2) is 4.19. The number of aromatic nitrogens is 1. The largest absolute Gasteiger partial charge is 0.411 e. The summed E-state index contributed by atoms with van der Waals surface area (Å²) in [6.45, 7) is 0. The van der Waals surface area contributed by atoms with Crippen LogP contribution in [0.25, 0.3) is 0 Å². The van der Waals surface area contributed by atoms with Crippen molar-refractivity contribution < 1.29 is 14.3 Å². The van der Waals surface area contributed by atoms with Crippen molar-refractivity contribution in [3.05, 3.63) is 23.9 Å². The number of amides is 2. The van der Waals surface area contributed by atoms with Gasteiger partial charge in [-0.3, -0.25) is 10.2 Å². The molecule has 0 aliphatic carbocycles. The fourth-order valence-electron chi connectivity index (χ4n) is 0.761. The third kappa shape index (κ3) is 2.42. The molecule has 1 rings (SSSR count). The van der Waals surface area contributed by atoms with Crippen molar-refractivity contribution in [3.63, 3.8) is 0 Å². The number of ether oxygens (including phenoxy) is 1. The molecule has 0 fully saturated rings. The molecule has 7 nitrogen and oxygen atoms in total. The van der Waals surface area contributed by atoms with Crippen molar-refractivity contribution >= 4 is 12.0 Å². The van der Waals surface area contributed by atoms with Crippen LogP contribution in [0.2, 0.25) is 0 Å². The molecule has 1 aromatic heterocycles. The fourth-order valence-corrected chi connectivity index (χ4v) is 0.761. The van der Waals surface area contributed by atoms with E-state index in [9.17, 15) is 9.59 Å². The molecule has 0 unspecified atom stereocenters. The summed E-state index contributed by atoms with van der Waals surface area (Å²) in [6, 6.07) is 2.72. The van der Waals surface area contributed by atoms with Gasteiger partial charge in [0.2, 0.25) is 5.88 Å². The molecule has 0 saturated heterocycles. The molecule has 0 bridgehead atoms. The standard InChI is InChI=1S/C7H8N4O3/c8-7(13)14-5-2-1-4(3-10-5)6(12)11-9/h1-3H,9H2,(H2,8,13)(H,11,12). The summed E-state index contributed by atoms with van der Waals surface area (Å²) < 4.78 is 4.45. The number of hydrogen-bond donors (Lipinski definition) is 3. The van der Waals surface area contributed by atoms with Gasteiger partial charge in [0.1, 0.15) is 0 Å². The van der Waals surface area contributed by atoms with Gasteiger partial charge in [-0.25, -0.2) is 15.6 Å². The Labute approximate surface area is 79.0 Å². The first-order chi connectivity index (χ1) is 6.63. The molecule has 2 amide bonds. The summed E-state index contributed by atoms with van der Waals surface area (Å²) in [5.74, 6) is 4.43. The SMILES string of the molecule is NNC(=O)c1ccc(OC(N)=O)nc1. The molecule has 0 aromatic carbocycles. The number of nitrogens with one attached hydrogen (secondary N) is 1. The second-order valence-corrected chi connectivity index (χ2v) is 2.28. The first-order valence-corrected chi connectivity index (χ1v) is 3.58. The molecular weight excluding hydrogens is 188 g/mol. The van der Waals surface area contributed by atoms with Crippen LogP contribution in [0.1, 0.15) is 10.4 Å². The summed E-state index contributed by atoms with van der Waals surface area (Å²) in [5, 5.41) is 0. The minimum Gasteiger partial charge on any atom is -0.391 e. The highest BCUT2D eigenvalue weighted by Crippen LogP contribution is 2.06. The monoisotopic (exact) mass is 196 g/mol. The van der Waals surface area contributed by atoms with Crippen LogP contribution in [0, 0.1) is 0 Å². The second-order valence-electron chi connectivity index (χ2n) is 2.28. The highest BCUT2D eigenvalue weighted by molar-refractivity contribution is 5.93. The highest BCUT2D eigenvalue weighted by Gasteiger charge is 2.05. The number of carbonyl (C=O) groups is 2. The topological polar surface area (TPSA) is 120 Å². The molecule has 74 valence electrons. The lowest BCUT2D eigenvalue weighted by Gasteiger charge is -2.00. The van der Waals surface area contributed by atoms with Gasteiger partial charge in [0, 0.05) is 12.3 Å². The quantitative estimate of drug-likeness (QED) is 0.323. The Bertz CT molecular complexity index is 348. The Hall–Kier alpha value is -2.15. The predicted octanol–water partition coefficient (Wildman–Crippen LogP) is -0.857. The van der Waals surface area contributed by atoms with Crippen molar-refractivity contribution in [1.82, 2.24) is 10.4 Å². The molecule has 0 aliphatic rings. The van der Waals surface area contributed by atoms with Gasteiger partial charge in [-0.2, -0.15) is 0 Å². The zero-order chi connectivity index (χ0) is 10.6. The lowest BCUT2D eigenvalue weighted by Crippen LogP contribution is -2.30. The summed E-state index contributed by atoms with van der Waals surface area (Å²) in [7, 11) is 0. The van der Waals surface area contributed by atoms with E-state index in [2.05, 4.69) is 9.72 Å². The van der Waals surface area contributed by atoms with Gasteiger partial charge in [-0.05, 0) is 6.07 Å². The number of rotatable bonds is 2. The summed E-state index contributed by atoms with van der Waals surface area (Å²) in [5.41, 5.74) is 6.93. The van der Waals surface area contributed by atoms with Gasteiger partial charge < -0.3 is 10.5 Å². The molecule has 5 N–H and O–H groups in total. The van der Waals surface area contributed by atoms with Gasteiger partial charge in [0.25, 0.3) is 5.91 Å². The Balaban J connectivity index is 2.78. The Morgan fingerprint density at radius 3 is 2.57 bits per heavy atom. The molecule has 0 saturated carbocycles. The predicted molar refractivity (Wildman–Crippen MR) is 46.1 cm³/mol. The van der Waals surface area contributed by atoms with Crippen molar-refractivity contribution in [2.75, 3.05) is 0 Å². The van der Waals surface area contributed by atoms with Gasteiger partial charge in [-0.15, -0.1) is 0 Å². The molecule has 7 heteroatoms. The number of carbonyl (C=O) groups excluding carboxylic acids is 2. The van der Waals surface area contributed by atoms with E-state index in [4.69, 9.17) is 11.6 Å². The van der Waals surface area contributed by atoms with Gasteiger partial charge >= 0.3 is 6.09 Å². The lowest BCUT2D eigenvalue weighted by molar-refractivity contribution is 0.0953. The van der Waals surface area contributed by atoms with Crippen molar-refractivity contribution in [1.29, 1.82) is 0 Å². The van der Waals surface area contributed by atoms with Crippen LogP contribution >= 0.6 is 0 Å². The van der Waals surface area contributed by atoms with Crippen LogP contribution in [0.4, 0.5) is 4.79 Å². The number of nitrogen functional groups attached to an aromatic ring is 1. The molecule has 0 spiro atoms. The zero-order valence-electron chi connectivity index (χ0n) is 7.06. The summed E-state index contributed by atoms with van der Waals surface area (Å²) >= 11 is 0. The Kier molecular flexibility index (Phi) is 2.97. The third-order valence-corrected chi connectivity index (χ3v) is 1.33. The van der Waals surface area contributed by atoms with Crippen LogP contribution in [0.3, 0.4) is 0 Å². The van der Waals surface area contributed by atoms with E-state index in [1.807, 2.05) is 5.43 Å². The van der Waals surface area contributed by atoms with Gasteiger partial charge in [-0.1, -0.05) is 0 Å². The minimum atomic E-state index is -0.964. The first kappa shape index (κ1) is 9.93. The zero-order valence-corrected chi connectivity index (χ0v) is 7.06. The average Bonchev–Trinajstić information content (AvgIpc) is 2.17. The molecule has 14 heavy (non-hydrogen) atoms. The fraction of sp³-hybridized carbons (Fsp3) is 0. The van der Waals surface area contributed by atoms with Gasteiger partial charge in [0.05, 0.1) is 5.56 Å². The highest BCUT2D eigenvalue weighted by atomic mass is 16.6. The summed E-state index contributed by atoms with van der Waals surface area (Å²) in [6.07, 6.45) is 0.244. The van der Waals surface area contributed by atoms with Crippen molar-refractivity contribution in [2.45, 2.75) is 0 Å². The van der Waals surface area contributed by atoms with Crippen molar-refractivity contribution in [2.24, 2.45) is 11.6 Å². The minimum absolute atomic E-state index is 0.0195. The number of nitrogens with two attached hydrogens (primary N) is 2. The number of pyridine rings is 1. The van der Waals surface area contributed by atoms with E-state index in [1.165, 1.54) is 18.3 Å². The van der Waals surface area contributed by atoms with E-state index in [-0.39, 0.29) is 11.4 Å². The van der Waals surface area contributed by atoms with Crippen LogP contribution in [0.15, 0.2) is 18.3 Å². The van der Waals surface area contributed by atoms with Crippen LogP contribution in [-0.2, 0) is 0 Å². The maximum absolute atomic E-state index is 10.9. The van der Waals surface area contributed by atoms with E-state index in [0.29, 0.717) is 0 Å². The molecule has 0 aliphatic heterocycles. The number of hydrogen-bond acceptors (Lipinski definition) is 5.